The van der Waals surface area contributed by atoms with Crippen molar-refractivity contribution in [3.05, 3.63) is 41.5 Å². The van der Waals surface area contributed by atoms with Crippen LogP contribution in [0.25, 0.3) is 0 Å². The topological polar surface area (TPSA) is 84.9 Å². The third-order valence-electron chi connectivity index (χ3n) is 5.57. The zero-order valence-electron chi connectivity index (χ0n) is 21.7. The first-order valence-electron chi connectivity index (χ1n) is 11.9. The summed E-state index contributed by atoms with van der Waals surface area (Å²) in [5, 5.41) is 2.92. The molecule has 7 nitrogen and oxygen atoms in total. The van der Waals surface area contributed by atoms with Crippen LogP contribution in [0, 0.1) is 5.41 Å². The molecule has 0 aromatic heterocycles. The minimum Gasteiger partial charge on any atom is -0.465 e. The fourth-order valence-electron chi connectivity index (χ4n) is 3.89. The number of rotatable bonds is 6. The molecule has 1 N–H and O–H groups in total. The summed E-state index contributed by atoms with van der Waals surface area (Å²) in [6.45, 7) is 16.8. The predicted octanol–water partition coefficient (Wildman–Crippen LogP) is 4.90. The molecular formula is C27H40N2O5. The van der Waals surface area contributed by atoms with Crippen molar-refractivity contribution < 1.29 is 23.9 Å². The number of nitrogens with one attached hydrogen (secondary N) is 1. The molecule has 1 aromatic carbocycles. The predicted molar refractivity (Wildman–Crippen MR) is 134 cm³/mol. The average molecular weight is 473 g/mol. The van der Waals surface area contributed by atoms with Crippen LogP contribution in [0.4, 0.5) is 5.69 Å². The fourth-order valence-corrected chi connectivity index (χ4v) is 3.89. The van der Waals surface area contributed by atoms with Gasteiger partial charge >= 0.3 is 11.9 Å². The molecule has 1 fully saturated rings. The van der Waals surface area contributed by atoms with E-state index in [1.54, 1.807) is 18.2 Å². The molecule has 2 rings (SSSR count). The number of benzene rings is 1. The Labute approximate surface area is 203 Å². The van der Waals surface area contributed by atoms with E-state index in [4.69, 9.17) is 9.47 Å². The van der Waals surface area contributed by atoms with Crippen molar-refractivity contribution in [2.45, 2.75) is 78.9 Å². The zero-order chi connectivity index (χ0) is 25.7. The van der Waals surface area contributed by atoms with Gasteiger partial charge in [0.25, 0.3) is 5.91 Å². The second-order valence-corrected chi connectivity index (χ2v) is 11.1. The van der Waals surface area contributed by atoms with Crippen LogP contribution in [0.15, 0.2) is 30.4 Å². The molecule has 1 aliphatic heterocycles. The molecule has 0 spiro atoms. The van der Waals surface area contributed by atoms with Crippen molar-refractivity contribution in [1.82, 2.24) is 5.32 Å². The molecule has 0 unspecified atom stereocenters. The molecule has 34 heavy (non-hydrogen) atoms. The van der Waals surface area contributed by atoms with Gasteiger partial charge in [-0.15, -0.1) is 0 Å². The van der Waals surface area contributed by atoms with Gasteiger partial charge in [0, 0.05) is 18.7 Å². The number of anilines is 1. The molecule has 1 saturated heterocycles. The van der Waals surface area contributed by atoms with Crippen molar-refractivity contribution in [1.29, 1.82) is 0 Å². The lowest BCUT2D eigenvalue weighted by molar-refractivity contribution is -0.150. The first-order valence-corrected chi connectivity index (χ1v) is 11.9. The number of hydrogen-bond donors (Lipinski definition) is 1. The molecule has 1 aromatic rings. The minimum atomic E-state index is -0.630. The number of carbonyl (C=O) groups is 3. The number of methoxy groups -OCH3 is 1. The summed E-state index contributed by atoms with van der Waals surface area (Å²) in [6, 6.07) is 4.72. The number of ether oxygens (including phenoxy) is 2. The highest BCUT2D eigenvalue weighted by Gasteiger charge is 2.32. The highest BCUT2D eigenvalue weighted by molar-refractivity contribution is 6.02. The van der Waals surface area contributed by atoms with Crippen LogP contribution in [0.5, 0.6) is 0 Å². The average Bonchev–Trinajstić information content (AvgIpc) is 3.00. The molecule has 0 bridgehead atoms. The van der Waals surface area contributed by atoms with Crippen LogP contribution in [0.2, 0.25) is 0 Å². The van der Waals surface area contributed by atoms with Crippen molar-refractivity contribution >= 4 is 23.5 Å². The summed E-state index contributed by atoms with van der Waals surface area (Å²) in [7, 11) is 1.32. The zero-order valence-corrected chi connectivity index (χ0v) is 21.7. The third kappa shape index (κ3) is 7.61. The Kier molecular flexibility index (Phi) is 8.92. The van der Waals surface area contributed by atoms with Crippen LogP contribution >= 0.6 is 0 Å². The van der Waals surface area contributed by atoms with Gasteiger partial charge < -0.3 is 19.7 Å². The summed E-state index contributed by atoms with van der Waals surface area (Å²) < 4.78 is 10.6. The molecule has 188 valence electrons. The molecule has 1 heterocycles. The Morgan fingerprint density at radius 3 is 2.35 bits per heavy atom. The fraction of sp³-hybridized carbons (Fsp3) is 0.593. The lowest BCUT2D eigenvalue weighted by Crippen LogP contribution is -2.40. The van der Waals surface area contributed by atoms with Gasteiger partial charge in [-0.05, 0) is 57.2 Å². The van der Waals surface area contributed by atoms with E-state index >= 15 is 0 Å². The second-order valence-electron chi connectivity index (χ2n) is 11.1. The second kappa shape index (κ2) is 11.1. The number of amides is 1. The lowest BCUT2D eigenvalue weighted by Gasteiger charge is -2.34. The van der Waals surface area contributed by atoms with E-state index in [-0.39, 0.29) is 22.9 Å². The monoisotopic (exact) mass is 472 g/mol. The number of esters is 2. The molecule has 0 radical (unpaired) electrons. The van der Waals surface area contributed by atoms with E-state index in [2.05, 4.69) is 11.9 Å². The Morgan fingerprint density at radius 1 is 1.09 bits per heavy atom. The highest BCUT2D eigenvalue weighted by Crippen LogP contribution is 2.32. The van der Waals surface area contributed by atoms with Gasteiger partial charge in [0.15, 0.2) is 0 Å². The summed E-state index contributed by atoms with van der Waals surface area (Å²) >= 11 is 0. The van der Waals surface area contributed by atoms with Crippen molar-refractivity contribution in [3.8, 4) is 0 Å². The quantitative estimate of drug-likeness (QED) is 0.468. The van der Waals surface area contributed by atoms with E-state index in [0.717, 1.165) is 19.3 Å². The van der Waals surface area contributed by atoms with E-state index in [1.165, 1.54) is 7.11 Å². The van der Waals surface area contributed by atoms with Gasteiger partial charge in [-0.1, -0.05) is 40.2 Å². The largest absolute Gasteiger partial charge is 0.465 e. The van der Waals surface area contributed by atoms with Crippen LogP contribution in [0.3, 0.4) is 0 Å². The van der Waals surface area contributed by atoms with Crippen LogP contribution in [-0.2, 0) is 14.3 Å². The van der Waals surface area contributed by atoms with Gasteiger partial charge in [0.2, 0.25) is 0 Å². The number of nitrogens with zero attached hydrogens (tertiary/aromatic N) is 1. The van der Waals surface area contributed by atoms with Crippen LogP contribution in [-0.4, -0.2) is 49.7 Å². The normalized spacial score (nSPS) is 16.9. The maximum atomic E-state index is 12.8. The van der Waals surface area contributed by atoms with Crippen molar-refractivity contribution in [2.24, 2.45) is 5.41 Å². The molecule has 0 saturated carbocycles. The van der Waals surface area contributed by atoms with E-state index < -0.39 is 17.5 Å². The molecule has 1 atom stereocenters. The van der Waals surface area contributed by atoms with Gasteiger partial charge in [-0.3, -0.25) is 4.79 Å². The summed E-state index contributed by atoms with van der Waals surface area (Å²) in [6.07, 6.45) is 3.57. The van der Waals surface area contributed by atoms with E-state index in [0.29, 0.717) is 36.3 Å². The molecular weight excluding hydrogens is 432 g/mol. The molecule has 0 aliphatic carbocycles. The van der Waals surface area contributed by atoms with Crippen molar-refractivity contribution in [3.63, 3.8) is 0 Å². The SMILES string of the molecule is C=C(C(=O)OC(C)(C)C)[C@H]1CCCCCN1c1ccc(C(=O)NCC(C)(C)C)cc1C(=O)OC. The smallest absolute Gasteiger partial charge is 0.339 e. The number of hydrogen-bond acceptors (Lipinski definition) is 6. The van der Waals surface area contributed by atoms with E-state index in [9.17, 15) is 14.4 Å². The number of carbonyl (C=O) groups excluding carboxylic acids is 3. The first-order chi connectivity index (χ1) is 15.7. The van der Waals surface area contributed by atoms with Crippen molar-refractivity contribution in [2.75, 3.05) is 25.1 Å². The summed E-state index contributed by atoms with van der Waals surface area (Å²) in [5.74, 6) is -1.23. The van der Waals surface area contributed by atoms with Gasteiger partial charge in [-0.25, -0.2) is 9.59 Å². The van der Waals surface area contributed by atoms with E-state index in [1.807, 2.05) is 46.4 Å². The summed E-state index contributed by atoms with van der Waals surface area (Å²) in [5.41, 5.74) is 0.952. The van der Waals surface area contributed by atoms with Gasteiger partial charge in [0.05, 0.1) is 30.0 Å². The maximum absolute atomic E-state index is 12.8. The Morgan fingerprint density at radius 2 is 1.76 bits per heavy atom. The summed E-state index contributed by atoms with van der Waals surface area (Å²) in [4.78, 5) is 40.4. The lowest BCUT2D eigenvalue weighted by atomic mass is 9.96. The van der Waals surface area contributed by atoms with Crippen LogP contribution < -0.4 is 10.2 Å². The third-order valence-corrected chi connectivity index (χ3v) is 5.57. The standard InChI is InChI=1S/C27H40N2O5/c1-18(24(31)34-27(5,6)7)21-12-10-9-11-15-29(21)22-14-13-19(16-20(22)25(32)33-8)23(30)28-17-26(2,3)4/h13-14,16,21H,1,9-12,15,17H2,2-8H3,(H,28,30)/t21-/m1/s1. The van der Waals surface area contributed by atoms with Crippen LogP contribution in [0.1, 0.15) is 87.9 Å². The van der Waals surface area contributed by atoms with Gasteiger partial charge in [-0.2, -0.15) is 0 Å². The maximum Gasteiger partial charge on any atom is 0.339 e. The minimum absolute atomic E-state index is 0.0674. The van der Waals surface area contributed by atoms with Gasteiger partial charge in [0.1, 0.15) is 5.60 Å². The highest BCUT2D eigenvalue weighted by atomic mass is 16.6. The Balaban J connectivity index is 2.44. The Bertz CT molecular complexity index is 924. The molecule has 1 amide bonds. The molecule has 1 aliphatic rings. The Hall–Kier alpha value is -2.83. The molecule has 7 heteroatoms. The first kappa shape index (κ1) is 27.4.